The van der Waals surface area contributed by atoms with Gasteiger partial charge in [-0.15, -0.1) is 0 Å². The maximum Gasteiger partial charge on any atom is 0.131 e. The number of aromatic nitrogens is 3. The molecule has 0 atom stereocenters. The van der Waals surface area contributed by atoms with E-state index in [1.54, 1.807) is 0 Å². The quantitative estimate of drug-likeness (QED) is 0.172. The third-order valence-electron chi connectivity index (χ3n) is 10.8. The Hall–Kier alpha value is -7.10. The molecule has 8 aromatic carbocycles. The van der Waals surface area contributed by atoms with Gasteiger partial charge >= 0.3 is 0 Å². The molecular formula is C50H33N3. The molecule has 53 heavy (non-hydrogen) atoms. The second kappa shape index (κ2) is 11.7. The summed E-state index contributed by atoms with van der Waals surface area (Å²) < 4.78 is 7.36. The summed E-state index contributed by atoms with van der Waals surface area (Å²) in [6, 6.07) is 72.7. The molecule has 11 aromatic rings. The third-order valence-corrected chi connectivity index (χ3v) is 10.8. The first-order valence-electron chi connectivity index (χ1n) is 18.2. The van der Waals surface area contributed by atoms with Crippen molar-refractivity contribution in [3.8, 4) is 39.3 Å². The lowest BCUT2D eigenvalue weighted by molar-refractivity contribution is 1.06. The lowest BCUT2D eigenvalue weighted by Gasteiger charge is -2.15. The van der Waals surface area contributed by atoms with Crippen LogP contribution in [0.3, 0.4) is 0 Å². The van der Waals surface area contributed by atoms with E-state index in [0.717, 1.165) is 22.7 Å². The van der Waals surface area contributed by atoms with Crippen molar-refractivity contribution in [1.82, 2.24) is 13.7 Å². The topological polar surface area (TPSA) is 14.8 Å². The van der Waals surface area contributed by atoms with Gasteiger partial charge in [-0.1, -0.05) is 146 Å². The minimum atomic E-state index is 1.11. The Bertz CT molecular complexity index is 3090. The number of para-hydroxylation sites is 3. The highest BCUT2D eigenvalue weighted by Crippen LogP contribution is 2.43. The molecule has 0 radical (unpaired) electrons. The fourth-order valence-electron chi connectivity index (χ4n) is 8.49. The standard InChI is InChI=1S/C50H33N3/c1-4-15-34(16-5-1)36-27-29-43-47(31-36)52(38-19-8-3-9-20-38)50-49(43)44-30-28-37(35-17-6-2-7-18-35)32-48(44)53(50)40-22-14-21-39(33-40)51-45-25-12-10-23-41(45)42-24-11-13-26-46(42)51/h1-33H. The second-order valence-corrected chi connectivity index (χ2v) is 13.8. The Labute approximate surface area is 306 Å². The molecule has 0 fully saturated rings. The molecule has 0 saturated heterocycles. The molecule has 0 spiro atoms. The highest BCUT2D eigenvalue weighted by Gasteiger charge is 2.24. The number of benzene rings is 8. The van der Waals surface area contributed by atoms with Gasteiger partial charge in [-0.05, 0) is 76.9 Å². The largest absolute Gasteiger partial charge is 0.309 e. The third kappa shape index (κ3) is 4.54. The van der Waals surface area contributed by atoms with E-state index in [0.29, 0.717) is 0 Å². The molecule has 0 amide bonds. The van der Waals surface area contributed by atoms with Gasteiger partial charge in [0.1, 0.15) is 5.65 Å². The van der Waals surface area contributed by atoms with Gasteiger partial charge in [0.25, 0.3) is 0 Å². The molecule has 0 aliphatic heterocycles. The first-order chi connectivity index (χ1) is 26.3. The van der Waals surface area contributed by atoms with E-state index in [2.05, 4.69) is 214 Å². The van der Waals surface area contributed by atoms with Crippen molar-refractivity contribution in [3.63, 3.8) is 0 Å². The minimum absolute atomic E-state index is 1.11. The van der Waals surface area contributed by atoms with Crippen LogP contribution < -0.4 is 0 Å². The van der Waals surface area contributed by atoms with Crippen molar-refractivity contribution in [2.75, 3.05) is 0 Å². The molecule has 0 aliphatic rings. The summed E-state index contributed by atoms with van der Waals surface area (Å²) >= 11 is 0. The number of nitrogens with zero attached hydrogens (tertiary/aromatic N) is 3. The van der Waals surface area contributed by atoms with Crippen LogP contribution >= 0.6 is 0 Å². The van der Waals surface area contributed by atoms with Crippen LogP contribution in [0.4, 0.5) is 0 Å². The summed E-state index contributed by atoms with van der Waals surface area (Å²) in [4.78, 5) is 0. The van der Waals surface area contributed by atoms with Gasteiger partial charge in [0, 0.05) is 44.0 Å². The molecule has 11 rings (SSSR count). The zero-order chi connectivity index (χ0) is 34.9. The van der Waals surface area contributed by atoms with E-state index in [9.17, 15) is 0 Å². The van der Waals surface area contributed by atoms with Gasteiger partial charge < -0.3 is 4.57 Å². The first-order valence-corrected chi connectivity index (χ1v) is 18.2. The number of fused-ring (bicyclic) bond motifs is 8. The van der Waals surface area contributed by atoms with Crippen LogP contribution in [-0.2, 0) is 0 Å². The van der Waals surface area contributed by atoms with Crippen LogP contribution in [0.15, 0.2) is 200 Å². The smallest absolute Gasteiger partial charge is 0.131 e. The Kier molecular flexibility index (Phi) is 6.55. The Balaban J connectivity index is 1.27. The van der Waals surface area contributed by atoms with Gasteiger partial charge in [0.15, 0.2) is 0 Å². The molecule has 3 nitrogen and oxygen atoms in total. The van der Waals surface area contributed by atoms with Crippen molar-refractivity contribution >= 4 is 54.6 Å². The molecule has 0 unspecified atom stereocenters. The monoisotopic (exact) mass is 675 g/mol. The van der Waals surface area contributed by atoms with E-state index in [1.165, 1.54) is 71.3 Å². The second-order valence-electron chi connectivity index (χ2n) is 13.8. The van der Waals surface area contributed by atoms with Gasteiger partial charge in [-0.3, -0.25) is 9.13 Å². The fraction of sp³-hybridized carbons (Fsp3) is 0. The van der Waals surface area contributed by atoms with Crippen LogP contribution in [0, 0.1) is 0 Å². The van der Waals surface area contributed by atoms with Crippen LogP contribution in [0.1, 0.15) is 0 Å². The average molecular weight is 676 g/mol. The Morgan fingerprint density at radius 2 is 0.679 bits per heavy atom. The van der Waals surface area contributed by atoms with E-state index in [4.69, 9.17) is 0 Å². The summed E-state index contributed by atoms with van der Waals surface area (Å²) in [7, 11) is 0. The Morgan fingerprint density at radius 1 is 0.245 bits per heavy atom. The molecule has 0 N–H and O–H groups in total. The van der Waals surface area contributed by atoms with Crippen molar-refractivity contribution in [3.05, 3.63) is 200 Å². The van der Waals surface area contributed by atoms with Crippen LogP contribution in [0.2, 0.25) is 0 Å². The summed E-state index contributed by atoms with van der Waals surface area (Å²) in [5.41, 5.74) is 14.1. The van der Waals surface area contributed by atoms with Gasteiger partial charge in [-0.2, -0.15) is 0 Å². The summed E-state index contributed by atoms with van der Waals surface area (Å²) in [5.74, 6) is 0. The Morgan fingerprint density at radius 3 is 1.23 bits per heavy atom. The molecule has 0 bridgehead atoms. The summed E-state index contributed by atoms with van der Waals surface area (Å²) in [6.45, 7) is 0. The van der Waals surface area contributed by atoms with Gasteiger partial charge in [0.05, 0.1) is 22.1 Å². The van der Waals surface area contributed by atoms with Crippen molar-refractivity contribution in [2.24, 2.45) is 0 Å². The SMILES string of the molecule is c1ccc(-c2ccc3c4c5ccc(-c6ccccc6)cc5n(-c5cccc(-n6c7ccccc7c7ccccc76)c5)c4n(-c4ccccc4)c3c2)cc1. The number of hydrogen-bond acceptors (Lipinski definition) is 0. The van der Waals surface area contributed by atoms with Gasteiger partial charge in [0.2, 0.25) is 0 Å². The van der Waals surface area contributed by atoms with Gasteiger partial charge in [-0.25, -0.2) is 0 Å². The molecule has 3 aromatic heterocycles. The molecule has 0 aliphatic carbocycles. The maximum atomic E-state index is 2.49. The minimum Gasteiger partial charge on any atom is -0.309 e. The van der Waals surface area contributed by atoms with Crippen molar-refractivity contribution < 1.29 is 0 Å². The predicted octanol–water partition coefficient (Wildman–Crippen LogP) is 13.2. The normalized spacial score (nSPS) is 11.8. The van der Waals surface area contributed by atoms with E-state index >= 15 is 0 Å². The zero-order valence-corrected chi connectivity index (χ0v) is 28.9. The first kappa shape index (κ1) is 29.6. The summed E-state index contributed by atoms with van der Waals surface area (Å²) in [6.07, 6.45) is 0. The molecule has 3 heteroatoms. The van der Waals surface area contributed by atoms with Crippen molar-refractivity contribution in [2.45, 2.75) is 0 Å². The van der Waals surface area contributed by atoms with E-state index in [-0.39, 0.29) is 0 Å². The highest BCUT2D eigenvalue weighted by atomic mass is 15.1. The van der Waals surface area contributed by atoms with Crippen molar-refractivity contribution in [1.29, 1.82) is 0 Å². The number of rotatable bonds is 5. The van der Waals surface area contributed by atoms with Crippen LogP contribution in [0.25, 0.3) is 94.0 Å². The number of hydrogen-bond donors (Lipinski definition) is 0. The lowest BCUT2D eigenvalue weighted by Crippen LogP contribution is -2.03. The summed E-state index contributed by atoms with van der Waals surface area (Å²) in [5, 5.41) is 6.23. The molecule has 3 heterocycles. The van der Waals surface area contributed by atoms with E-state index in [1.807, 2.05) is 0 Å². The van der Waals surface area contributed by atoms with Crippen LogP contribution in [0.5, 0.6) is 0 Å². The maximum absolute atomic E-state index is 2.49. The zero-order valence-electron chi connectivity index (χ0n) is 28.9. The molecular weight excluding hydrogens is 643 g/mol. The highest BCUT2D eigenvalue weighted by molar-refractivity contribution is 6.23. The van der Waals surface area contributed by atoms with Crippen LogP contribution in [-0.4, -0.2) is 13.7 Å². The fourth-order valence-corrected chi connectivity index (χ4v) is 8.49. The molecule has 0 saturated carbocycles. The molecule has 248 valence electrons. The average Bonchev–Trinajstić information content (AvgIpc) is 3.86. The van der Waals surface area contributed by atoms with E-state index < -0.39 is 0 Å². The lowest BCUT2D eigenvalue weighted by atomic mass is 10.0. The predicted molar refractivity (Wildman–Crippen MR) is 223 cm³/mol.